The van der Waals surface area contributed by atoms with Gasteiger partial charge >= 0.3 is 0 Å². The molecule has 0 saturated heterocycles. The van der Waals surface area contributed by atoms with Crippen LogP contribution in [0.1, 0.15) is 31.4 Å². The molecule has 178 valence electrons. The number of hydrogen-bond donors (Lipinski definition) is 1. The zero-order valence-corrected chi connectivity index (χ0v) is 20.4. The van der Waals surface area contributed by atoms with Crippen LogP contribution < -0.4 is 10.1 Å². The third-order valence-electron chi connectivity index (χ3n) is 5.68. The number of carbonyl (C=O) groups excluding carboxylic acids is 2. The molecule has 0 aliphatic heterocycles. The fourth-order valence-electron chi connectivity index (χ4n) is 3.55. The van der Waals surface area contributed by atoms with Gasteiger partial charge in [0.25, 0.3) is 5.91 Å². The van der Waals surface area contributed by atoms with Crippen LogP contribution in [0.25, 0.3) is 0 Å². The lowest BCUT2D eigenvalue weighted by Crippen LogP contribution is -2.53. The van der Waals surface area contributed by atoms with Gasteiger partial charge in [-0.25, -0.2) is 0 Å². The molecular formula is C28H31ClN2O3. The lowest BCUT2D eigenvalue weighted by atomic mass is 10.0. The van der Waals surface area contributed by atoms with Crippen molar-refractivity contribution in [3.8, 4) is 5.75 Å². The Morgan fingerprint density at radius 1 is 0.941 bits per heavy atom. The summed E-state index contributed by atoms with van der Waals surface area (Å²) in [4.78, 5) is 28.5. The van der Waals surface area contributed by atoms with Crippen molar-refractivity contribution in [2.24, 2.45) is 0 Å². The Morgan fingerprint density at radius 2 is 1.56 bits per heavy atom. The van der Waals surface area contributed by atoms with E-state index in [9.17, 15) is 9.59 Å². The Labute approximate surface area is 206 Å². The number of carbonyl (C=O) groups is 2. The second kappa shape index (κ2) is 12.8. The van der Waals surface area contributed by atoms with E-state index in [4.69, 9.17) is 16.3 Å². The Kier molecular flexibility index (Phi) is 9.53. The number of nitrogens with zero attached hydrogens (tertiary/aromatic N) is 1. The molecule has 0 aliphatic rings. The topological polar surface area (TPSA) is 58.6 Å². The molecule has 0 spiro atoms. The summed E-state index contributed by atoms with van der Waals surface area (Å²) in [5.74, 6) is 0.111. The van der Waals surface area contributed by atoms with Crippen LogP contribution in [0.4, 0.5) is 0 Å². The van der Waals surface area contributed by atoms with Crippen molar-refractivity contribution in [2.75, 3.05) is 6.61 Å². The molecule has 3 rings (SSSR count). The van der Waals surface area contributed by atoms with E-state index in [1.54, 1.807) is 23.1 Å². The normalized spacial score (nSPS) is 12.4. The van der Waals surface area contributed by atoms with E-state index < -0.39 is 6.04 Å². The summed E-state index contributed by atoms with van der Waals surface area (Å²) >= 11 is 6.43. The molecule has 2 amide bonds. The smallest absolute Gasteiger partial charge is 0.261 e. The van der Waals surface area contributed by atoms with Crippen LogP contribution in [-0.2, 0) is 22.6 Å². The molecule has 0 aliphatic carbocycles. The van der Waals surface area contributed by atoms with Crippen LogP contribution in [0.5, 0.6) is 5.75 Å². The Hall–Kier alpha value is -3.31. The third-order valence-corrected chi connectivity index (χ3v) is 6.04. The Morgan fingerprint density at radius 3 is 2.21 bits per heavy atom. The van der Waals surface area contributed by atoms with Crippen LogP contribution in [0, 0.1) is 0 Å². The highest BCUT2D eigenvalue weighted by atomic mass is 35.5. The molecule has 0 fully saturated rings. The summed E-state index contributed by atoms with van der Waals surface area (Å²) in [5.41, 5.74) is 1.74. The van der Waals surface area contributed by atoms with E-state index >= 15 is 0 Å². The van der Waals surface area contributed by atoms with Gasteiger partial charge in [0, 0.05) is 24.0 Å². The van der Waals surface area contributed by atoms with Gasteiger partial charge in [-0.2, -0.15) is 0 Å². The largest absolute Gasteiger partial charge is 0.484 e. The fourth-order valence-corrected chi connectivity index (χ4v) is 3.75. The minimum absolute atomic E-state index is 0.0105. The molecule has 0 saturated carbocycles. The summed E-state index contributed by atoms with van der Waals surface area (Å²) < 4.78 is 5.74. The predicted octanol–water partition coefficient (Wildman–Crippen LogP) is 5.27. The number of rotatable bonds is 11. The Bertz CT molecular complexity index is 1060. The molecule has 5 nitrogen and oxygen atoms in total. The summed E-state index contributed by atoms with van der Waals surface area (Å²) in [6, 6.07) is 25.5. The van der Waals surface area contributed by atoms with Crippen molar-refractivity contribution in [2.45, 2.75) is 45.3 Å². The van der Waals surface area contributed by atoms with Crippen LogP contribution in [0.15, 0.2) is 84.9 Å². The molecule has 3 aromatic carbocycles. The number of halogens is 1. The van der Waals surface area contributed by atoms with Crippen molar-refractivity contribution in [1.82, 2.24) is 10.2 Å². The first-order valence-corrected chi connectivity index (χ1v) is 11.9. The van der Waals surface area contributed by atoms with E-state index in [0.29, 0.717) is 17.2 Å². The van der Waals surface area contributed by atoms with Gasteiger partial charge in [-0.1, -0.05) is 85.3 Å². The number of nitrogens with one attached hydrogen (secondary N) is 1. The number of ether oxygens (including phenoxy) is 1. The maximum absolute atomic E-state index is 13.5. The van der Waals surface area contributed by atoms with Crippen LogP contribution in [0.2, 0.25) is 5.02 Å². The summed E-state index contributed by atoms with van der Waals surface area (Å²) in [5, 5.41) is 3.60. The minimum atomic E-state index is -0.723. The van der Waals surface area contributed by atoms with Gasteiger partial charge in [-0.15, -0.1) is 0 Å². The standard InChI is InChI=1S/C28H31ClN2O3/c1-3-21(2)30-28(33)26(18-22-12-6-4-7-13-22)31(19-23-14-10-11-17-25(23)29)27(32)20-34-24-15-8-5-9-16-24/h4-17,21,26H,3,18-20H2,1-2H3,(H,30,33). The van der Waals surface area contributed by atoms with Gasteiger partial charge in [0.2, 0.25) is 5.91 Å². The lowest BCUT2D eigenvalue weighted by Gasteiger charge is -2.32. The molecule has 2 atom stereocenters. The van der Waals surface area contributed by atoms with E-state index in [1.165, 1.54) is 0 Å². The highest BCUT2D eigenvalue weighted by molar-refractivity contribution is 6.31. The van der Waals surface area contributed by atoms with Crippen LogP contribution in [-0.4, -0.2) is 35.4 Å². The van der Waals surface area contributed by atoms with Gasteiger partial charge in [0.15, 0.2) is 6.61 Å². The second-order valence-corrected chi connectivity index (χ2v) is 8.65. The van der Waals surface area contributed by atoms with Gasteiger partial charge in [-0.05, 0) is 42.7 Å². The number of amides is 2. The molecule has 1 N–H and O–H groups in total. The molecule has 0 radical (unpaired) electrons. The highest BCUT2D eigenvalue weighted by Gasteiger charge is 2.31. The van der Waals surface area contributed by atoms with Gasteiger partial charge < -0.3 is 15.0 Å². The number of benzene rings is 3. The maximum atomic E-state index is 13.5. The van der Waals surface area contributed by atoms with Gasteiger partial charge in [0.05, 0.1) is 0 Å². The molecule has 0 aromatic heterocycles. The molecule has 2 unspecified atom stereocenters. The van der Waals surface area contributed by atoms with Crippen molar-refractivity contribution in [3.05, 3.63) is 101 Å². The summed E-state index contributed by atoms with van der Waals surface area (Å²) in [6.07, 6.45) is 1.17. The van der Waals surface area contributed by atoms with Crippen LogP contribution in [0.3, 0.4) is 0 Å². The third kappa shape index (κ3) is 7.35. The first-order chi connectivity index (χ1) is 16.5. The van der Waals surface area contributed by atoms with Gasteiger partial charge in [0.1, 0.15) is 11.8 Å². The van der Waals surface area contributed by atoms with E-state index in [0.717, 1.165) is 17.5 Å². The van der Waals surface area contributed by atoms with E-state index in [2.05, 4.69) is 5.32 Å². The molecule has 0 bridgehead atoms. The Balaban J connectivity index is 1.92. The van der Waals surface area contributed by atoms with Crippen LogP contribution >= 0.6 is 11.6 Å². The summed E-state index contributed by atoms with van der Waals surface area (Å²) in [7, 11) is 0. The highest BCUT2D eigenvalue weighted by Crippen LogP contribution is 2.21. The number of hydrogen-bond acceptors (Lipinski definition) is 3. The predicted molar refractivity (Wildman–Crippen MR) is 136 cm³/mol. The molecule has 3 aromatic rings. The quantitative estimate of drug-likeness (QED) is 0.408. The molecule has 34 heavy (non-hydrogen) atoms. The lowest BCUT2D eigenvalue weighted by molar-refractivity contribution is -0.143. The fraction of sp³-hybridized carbons (Fsp3) is 0.286. The summed E-state index contributed by atoms with van der Waals surface area (Å²) in [6.45, 7) is 3.98. The SMILES string of the molecule is CCC(C)NC(=O)C(Cc1ccccc1)N(Cc1ccccc1Cl)C(=O)COc1ccccc1. The van der Waals surface area contributed by atoms with Gasteiger partial charge in [-0.3, -0.25) is 9.59 Å². The maximum Gasteiger partial charge on any atom is 0.261 e. The van der Waals surface area contributed by atoms with Crippen molar-refractivity contribution < 1.29 is 14.3 Å². The second-order valence-electron chi connectivity index (χ2n) is 8.24. The molecule has 6 heteroatoms. The molecular weight excluding hydrogens is 448 g/mol. The van der Waals surface area contributed by atoms with Crippen molar-refractivity contribution in [3.63, 3.8) is 0 Å². The van der Waals surface area contributed by atoms with E-state index in [1.807, 2.05) is 80.6 Å². The zero-order valence-electron chi connectivity index (χ0n) is 19.6. The average molecular weight is 479 g/mol. The van der Waals surface area contributed by atoms with E-state index in [-0.39, 0.29) is 31.0 Å². The van der Waals surface area contributed by atoms with Crippen molar-refractivity contribution in [1.29, 1.82) is 0 Å². The number of para-hydroxylation sites is 1. The zero-order chi connectivity index (χ0) is 24.3. The average Bonchev–Trinajstić information content (AvgIpc) is 2.86. The molecule has 0 heterocycles. The monoisotopic (exact) mass is 478 g/mol. The first kappa shape index (κ1) is 25.3. The first-order valence-electron chi connectivity index (χ1n) is 11.5. The minimum Gasteiger partial charge on any atom is -0.484 e. The van der Waals surface area contributed by atoms with Crippen molar-refractivity contribution >= 4 is 23.4 Å².